The number of methoxy groups -OCH3 is 1. The Balaban J connectivity index is 2.38. The zero-order valence-corrected chi connectivity index (χ0v) is 10.4. The van der Waals surface area contributed by atoms with Crippen LogP contribution in [0.2, 0.25) is 0 Å². The van der Waals surface area contributed by atoms with Gasteiger partial charge in [-0.15, -0.1) is 0 Å². The number of carbonyl (C=O) groups is 1. The molecule has 0 saturated carbocycles. The second kappa shape index (κ2) is 5.30. The molecule has 0 atom stereocenters. The number of hydrogen-bond donors (Lipinski definition) is 3. The van der Waals surface area contributed by atoms with Gasteiger partial charge in [0.2, 0.25) is 0 Å². The number of nitrogens with one attached hydrogen (secondary N) is 1. The summed E-state index contributed by atoms with van der Waals surface area (Å²) in [4.78, 5) is 11.1. The second-order valence-corrected chi connectivity index (χ2v) is 3.93. The molecule has 2 aromatic carbocycles. The number of para-hydroxylation sites is 1. The van der Waals surface area contributed by atoms with Crippen LogP contribution >= 0.6 is 0 Å². The molecule has 0 amide bonds. The molecule has 5 heteroatoms. The maximum Gasteiger partial charge on any atom is 0.337 e. The lowest BCUT2D eigenvalue weighted by molar-refractivity contribution is 0.0698. The first-order valence-corrected chi connectivity index (χ1v) is 5.64. The summed E-state index contributed by atoms with van der Waals surface area (Å²) < 4.78 is 5.11. The van der Waals surface area contributed by atoms with E-state index in [0.717, 1.165) is 0 Å². The fraction of sp³-hybridized carbons (Fsp3) is 0.0714. The smallest absolute Gasteiger partial charge is 0.337 e. The Morgan fingerprint density at radius 1 is 1.21 bits per heavy atom. The molecular formula is C14H14N2O3. The van der Waals surface area contributed by atoms with E-state index in [1.165, 1.54) is 6.07 Å². The van der Waals surface area contributed by atoms with E-state index in [4.69, 9.17) is 15.6 Å². The number of carboxylic acids is 1. The molecule has 0 saturated heterocycles. The fourth-order valence-corrected chi connectivity index (χ4v) is 1.69. The van der Waals surface area contributed by atoms with Crippen molar-refractivity contribution in [3.8, 4) is 5.75 Å². The number of anilines is 3. The number of ether oxygens (including phenoxy) is 1. The predicted octanol–water partition coefficient (Wildman–Crippen LogP) is 2.72. The summed E-state index contributed by atoms with van der Waals surface area (Å²) in [7, 11) is 1.56. The van der Waals surface area contributed by atoms with Crippen LogP contribution in [0.5, 0.6) is 5.75 Å². The molecule has 2 rings (SSSR count). The number of nitrogens with two attached hydrogens (primary N) is 1. The molecular weight excluding hydrogens is 244 g/mol. The van der Waals surface area contributed by atoms with Crippen LogP contribution in [0.4, 0.5) is 17.1 Å². The molecule has 0 spiro atoms. The SMILES string of the molecule is COc1ccc(N)c(Nc2ccccc2C(=O)O)c1. The van der Waals surface area contributed by atoms with Crippen LogP contribution in [0.3, 0.4) is 0 Å². The molecule has 98 valence electrons. The minimum atomic E-state index is -0.996. The number of rotatable bonds is 4. The summed E-state index contributed by atoms with van der Waals surface area (Å²) in [6.07, 6.45) is 0. The predicted molar refractivity (Wildman–Crippen MR) is 74.1 cm³/mol. The van der Waals surface area contributed by atoms with E-state index < -0.39 is 5.97 Å². The van der Waals surface area contributed by atoms with E-state index in [-0.39, 0.29) is 5.56 Å². The number of hydrogen-bond acceptors (Lipinski definition) is 4. The van der Waals surface area contributed by atoms with Crippen LogP contribution in [0.25, 0.3) is 0 Å². The lowest BCUT2D eigenvalue weighted by atomic mass is 10.1. The van der Waals surface area contributed by atoms with Crippen molar-refractivity contribution in [1.82, 2.24) is 0 Å². The number of nitrogen functional groups attached to an aromatic ring is 1. The van der Waals surface area contributed by atoms with Crippen LogP contribution < -0.4 is 15.8 Å². The van der Waals surface area contributed by atoms with Crippen molar-refractivity contribution >= 4 is 23.0 Å². The van der Waals surface area contributed by atoms with E-state index >= 15 is 0 Å². The Bertz CT molecular complexity index is 611. The molecule has 0 aliphatic rings. The highest BCUT2D eigenvalue weighted by atomic mass is 16.5. The third-order valence-corrected chi connectivity index (χ3v) is 2.69. The largest absolute Gasteiger partial charge is 0.497 e. The monoisotopic (exact) mass is 258 g/mol. The minimum absolute atomic E-state index is 0.185. The van der Waals surface area contributed by atoms with E-state index in [1.54, 1.807) is 43.5 Å². The lowest BCUT2D eigenvalue weighted by Gasteiger charge is -2.12. The second-order valence-electron chi connectivity index (χ2n) is 3.93. The molecule has 0 bridgehead atoms. The highest BCUT2D eigenvalue weighted by molar-refractivity contribution is 5.95. The molecule has 0 aliphatic heterocycles. The highest BCUT2D eigenvalue weighted by Crippen LogP contribution is 2.29. The van der Waals surface area contributed by atoms with Gasteiger partial charge in [-0.25, -0.2) is 4.79 Å². The molecule has 0 aromatic heterocycles. The molecule has 19 heavy (non-hydrogen) atoms. The zero-order chi connectivity index (χ0) is 13.8. The first-order valence-electron chi connectivity index (χ1n) is 5.64. The maximum atomic E-state index is 11.1. The van der Waals surface area contributed by atoms with Crippen molar-refractivity contribution in [3.63, 3.8) is 0 Å². The van der Waals surface area contributed by atoms with Crippen LogP contribution in [0.15, 0.2) is 42.5 Å². The number of carboxylic acid groups (broad SMARTS) is 1. The van der Waals surface area contributed by atoms with Crippen molar-refractivity contribution in [1.29, 1.82) is 0 Å². The number of aromatic carboxylic acids is 1. The van der Waals surface area contributed by atoms with Crippen LogP contribution in [0, 0.1) is 0 Å². The van der Waals surface area contributed by atoms with Gasteiger partial charge in [0.1, 0.15) is 5.75 Å². The lowest BCUT2D eigenvalue weighted by Crippen LogP contribution is -2.04. The third kappa shape index (κ3) is 2.77. The standard InChI is InChI=1S/C14H14N2O3/c1-19-9-6-7-11(15)13(8-9)16-12-5-3-2-4-10(12)14(17)18/h2-8,16H,15H2,1H3,(H,17,18). The quantitative estimate of drug-likeness (QED) is 0.734. The van der Waals surface area contributed by atoms with Crippen molar-refractivity contribution < 1.29 is 14.6 Å². The zero-order valence-electron chi connectivity index (χ0n) is 10.4. The van der Waals surface area contributed by atoms with Crippen molar-refractivity contribution in [2.24, 2.45) is 0 Å². The first-order chi connectivity index (χ1) is 9.11. The molecule has 0 unspecified atom stereocenters. The van der Waals surface area contributed by atoms with Gasteiger partial charge >= 0.3 is 5.97 Å². The average molecular weight is 258 g/mol. The average Bonchev–Trinajstić information content (AvgIpc) is 2.41. The molecule has 2 aromatic rings. The Hall–Kier alpha value is -2.69. The van der Waals surface area contributed by atoms with Crippen molar-refractivity contribution in [2.45, 2.75) is 0 Å². The Morgan fingerprint density at radius 3 is 2.63 bits per heavy atom. The van der Waals surface area contributed by atoms with Gasteiger partial charge < -0.3 is 20.9 Å². The fourth-order valence-electron chi connectivity index (χ4n) is 1.69. The van der Waals surface area contributed by atoms with E-state index in [1.807, 2.05) is 0 Å². The van der Waals surface area contributed by atoms with Crippen LogP contribution in [-0.2, 0) is 0 Å². The maximum absolute atomic E-state index is 11.1. The summed E-state index contributed by atoms with van der Waals surface area (Å²) >= 11 is 0. The Labute approximate surface area is 110 Å². The van der Waals surface area contributed by atoms with E-state index in [9.17, 15) is 4.79 Å². The topological polar surface area (TPSA) is 84.6 Å². The molecule has 0 fully saturated rings. The summed E-state index contributed by atoms with van der Waals surface area (Å²) in [6, 6.07) is 11.8. The van der Waals surface area contributed by atoms with Gasteiger partial charge in [0.15, 0.2) is 0 Å². The summed E-state index contributed by atoms with van der Waals surface area (Å²) in [5, 5.41) is 12.1. The minimum Gasteiger partial charge on any atom is -0.497 e. The van der Waals surface area contributed by atoms with Gasteiger partial charge in [0, 0.05) is 6.07 Å². The van der Waals surface area contributed by atoms with E-state index in [0.29, 0.717) is 22.8 Å². The molecule has 0 aliphatic carbocycles. The molecule has 0 radical (unpaired) electrons. The summed E-state index contributed by atoms with van der Waals surface area (Å²) in [5.74, 6) is -0.353. The van der Waals surface area contributed by atoms with Gasteiger partial charge in [-0.2, -0.15) is 0 Å². The van der Waals surface area contributed by atoms with Gasteiger partial charge in [-0.3, -0.25) is 0 Å². The van der Waals surface area contributed by atoms with Crippen LogP contribution in [0.1, 0.15) is 10.4 Å². The molecule has 5 nitrogen and oxygen atoms in total. The van der Waals surface area contributed by atoms with Gasteiger partial charge in [-0.1, -0.05) is 12.1 Å². The molecule has 4 N–H and O–H groups in total. The Morgan fingerprint density at radius 2 is 1.95 bits per heavy atom. The van der Waals surface area contributed by atoms with Crippen molar-refractivity contribution in [2.75, 3.05) is 18.2 Å². The Kier molecular flexibility index (Phi) is 3.56. The van der Waals surface area contributed by atoms with Crippen LogP contribution in [-0.4, -0.2) is 18.2 Å². The highest BCUT2D eigenvalue weighted by Gasteiger charge is 2.10. The van der Waals surface area contributed by atoms with Gasteiger partial charge in [-0.05, 0) is 24.3 Å². The van der Waals surface area contributed by atoms with E-state index in [2.05, 4.69) is 5.32 Å². The number of benzene rings is 2. The first kappa shape index (κ1) is 12.8. The van der Waals surface area contributed by atoms with Gasteiger partial charge in [0.25, 0.3) is 0 Å². The summed E-state index contributed by atoms with van der Waals surface area (Å²) in [6.45, 7) is 0. The molecule has 0 heterocycles. The van der Waals surface area contributed by atoms with Gasteiger partial charge in [0.05, 0.1) is 29.7 Å². The normalized spacial score (nSPS) is 9.95. The van der Waals surface area contributed by atoms with Crippen molar-refractivity contribution in [3.05, 3.63) is 48.0 Å². The third-order valence-electron chi connectivity index (χ3n) is 2.69. The summed E-state index contributed by atoms with van der Waals surface area (Å²) in [5.41, 5.74) is 7.64.